The molecule has 0 aliphatic carbocycles. The number of aryl methyl sites for hydroxylation is 1. The number of amides is 1. The summed E-state index contributed by atoms with van der Waals surface area (Å²) in [6.45, 7) is 3.26. The van der Waals surface area contributed by atoms with Crippen LogP contribution in [0.5, 0.6) is 0 Å². The van der Waals surface area contributed by atoms with E-state index < -0.39 is 0 Å². The van der Waals surface area contributed by atoms with Gasteiger partial charge in [-0.25, -0.2) is 4.98 Å². The largest absolute Gasteiger partial charge is 0.401 e. The summed E-state index contributed by atoms with van der Waals surface area (Å²) in [6, 6.07) is 0.0863. The van der Waals surface area contributed by atoms with Gasteiger partial charge in [0.05, 0.1) is 5.01 Å². The molecule has 1 N–H and O–H groups in total. The molecule has 2 rings (SSSR count). The van der Waals surface area contributed by atoms with E-state index in [2.05, 4.69) is 20.5 Å². The number of rotatable bonds is 2. The van der Waals surface area contributed by atoms with Crippen molar-refractivity contribution in [2.24, 2.45) is 0 Å². The maximum Gasteiger partial charge on any atom is 0.322 e. The highest BCUT2D eigenvalue weighted by Gasteiger charge is 2.11. The van der Waals surface area contributed by atoms with Gasteiger partial charge in [0.1, 0.15) is 5.69 Å². The van der Waals surface area contributed by atoms with Crippen molar-refractivity contribution in [2.45, 2.75) is 13.8 Å². The minimum atomic E-state index is -0.250. The second-order valence-corrected chi connectivity index (χ2v) is 3.91. The lowest BCUT2D eigenvalue weighted by Crippen LogP contribution is -2.05. The molecule has 0 radical (unpaired) electrons. The van der Waals surface area contributed by atoms with Crippen LogP contribution in [-0.4, -0.2) is 21.1 Å². The van der Waals surface area contributed by atoms with Gasteiger partial charge in [-0.1, -0.05) is 5.10 Å². The Morgan fingerprint density at radius 3 is 2.93 bits per heavy atom. The molecule has 0 aliphatic heterocycles. The van der Waals surface area contributed by atoms with Gasteiger partial charge in [0.2, 0.25) is 5.91 Å². The normalized spacial score (nSPS) is 10.3. The molecule has 15 heavy (non-hydrogen) atoms. The molecule has 0 aliphatic rings. The van der Waals surface area contributed by atoms with Crippen LogP contribution in [0.3, 0.4) is 0 Å². The van der Waals surface area contributed by atoms with Crippen molar-refractivity contribution in [3.8, 4) is 11.6 Å². The lowest BCUT2D eigenvalue weighted by Gasteiger charge is -1.90. The monoisotopic (exact) mass is 224 g/mol. The number of carbonyl (C=O) groups is 1. The van der Waals surface area contributed by atoms with E-state index in [0.717, 1.165) is 5.01 Å². The summed E-state index contributed by atoms with van der Waals surface area (Å²) in [7, 11) is 0. The van der Waals surface area contributed by atoms with Crippen molar-refractivity contribution in [1.29, 1.82) is 0 Å². The van der Waals surface area contributed by atoms with E-state index in [-0.39, 0.29) is 11.9 Å². The molecule has 0 atom stereocenters. The van der Waals surface area contributed by atoms with Gasteiger partial charge in [-0.3, -0.25) is 10.1 Å². The van der Waals surface area contributed by atoms with Gasteiger partial charge >= 0.3 is 6.01 Å². The highest BCUT2D eigenvalue weighted by molar-refractivity contribution is 7.09. The zero-order chi connectivity index (χ0) is 10.8. The van der Waals surface area contributed by atoms with Crippen molar-refractivity contribution in [2.75, 3.05) is 5.32 Å². The topological polar surface area (TPSA) is 80.9 Å². The summed E-state index contributed by atoms with van der Waals surface area (Å²) in [5.74, 6) is 0.0581. The SMILES string of the molecule is CC(=O)Nc1nnc(-c2csc(C)n2)o1. The summed E-state index contributed by atoms with van der Waals surface area (Å²) < 4.78 is 5.18. The van der Waals surface area contributed by atoms with E-state index in [9.17, 15) is 4.79 Å². The Morgan fingerprint density at radius 2 is 2.33 bits per heavy atom. The van der Waals surface area contributed by atoms with Crippen LogP contribution in [0.25, 0.3) is 11.6 Å². The Morgan fingerprint density at radius 1 is 1.53 bits per heavy atom. The molecule has 0 unspecified atom stereocenters. The third-order valence-corrected chi connectivity index (χ3v) is 2.32. The quantitative estimate of drug-likeness (QED) is 0.835. The lowest BCUT2D eigenvalue weighted by atomic mass is 10.5. The molecular formula is C8H8N4O2S. The molecule has 2 aromatic rings. The molecule has 0 saturated heterocycles. The molecule has 0 bridgehead atoms. The Kier molecular flexibility index (Phi) is 2.46. The van der Waals surface area contributed by atoms with Crippen LogP contribution in [0.2, 0.25) is 0 Å². The predicted octanol–water partition coefficient (Wildman–Crippen LogP) is 1.46. The van der Waals surface area contributed by atoms with Crippen molar-refractivity contribution in [1.82, 2.24) is 15.2 Å². The molecule has 7 heteroatoms. The molecule has 6 nitrogen and oxygen atoms in total. The van der Waals surface area contributed by atoms with E-state index in [1.807, 2.05) is 12.3 Å². The first-order valence-corrected chi connectivity index (χ1v) is 5.06. The van der Waals surface area contributed by atoms with E-state index in [0.29, 0.717) is 11.6 Å². The van der Waals surface area contributed by atoms with Crippen LogP contribution in [-0.2, 0) is 4.79 Å². The smallest absolute Gasteiger partial charge is 0.322 e. The summed E-state index contributed by atoms with van der Waals surface area (Å²) in [5.41, 5.74) is 0.626. The van der Waals surface area contributed by atoms with Gasteiger partial charge in [-0.05, 0) is 6.92 Å². The lowest BCUT2D eigenvalue weighted by molar-refractivity contribution is -0.114. The van der Waals surface area contributed by atoms with Gasteiger partial charge in [0, 0.05) is 12.3 Å². The average molecular weight is 224 g/mol. The Hall–Kier alpha value is -1.76. The molecule has 2 aromatic heterocycles. The summed E-state index contributed by atoms with van der Waals surface area (Å²) in [5, 5.41) is 12.6. The Labute approximate surface area is 89.4 Å². The number of hydrogen-bond acceptors (Lipinski definition) is 6. The van der Waals surface area contributed by atoms with Gasteiger partial charge in [-0.15, -0.1) is 16.4 Å². The predicted molar refractivity (Wildman–Crippen MR) is 54.4 cm³/mol. The standard InChI is InChI=1S/C8H8N4O2S/c1-4(13)9-8-12-11-7(14-8)6-3-15-5(2)10-6/h3H,1-2H3,(H,9,12,13). The van der Waals surface area contributed by atoms with E-state index in [1.165, 1.54) is 18.3 Å². The van der Waals surface area contributed by atoms with Crippen molar-refractivity contribution < 1.29 is 9.21 Å². The molecule has 0 fully saturated rings. The maximum atomic E-state index is 10.7. The average Bonchev–Trinajstić information content (AvgIpc) is 2.72. The van der Waals surface area contributed by atoms with Crippen LogP contribution in [0.15, 0.2) is 9.80 Å². The summed E-state index contributed by atoms with van der Waals surface area (Å²) in [6.07, 6.45) is 0. The van der Waals surface area contributed by atoms with Gasteiger partial charge in [0.15, 0.2) is 0 Å². The molecule has 0 aromatic carbocycles. The number of nitrogens with one attached hydrogen (secondary N) is 1. The third kappa shape index (κ3) is 2.18. The Bertz CT molecular complexity index is 490. The van der Waals surface area contributed by atoms with Crippen molar-refractivity contribution in [3.63, 3.8) is 0 Å². The summed E-state index contributed by atoms with van der Waals surface area (Å²) in [4.78, 5) is 14.9. The number of nitrogens with zero attached hydrogens (tertiary/aromatic N) is 3. The highest BCUT2D eigenvalue weighted by atomic mass is 32.1. The zero-order valence-electron chi connectivity index (χ0n) is 8.14. The van der Waals surface area contributed by atoms with Crippen LogP contribution < -0.4 is 5.32 Å². The van der Waals surface area contributed by atoms with Gasteiger partial charge in [0.25, 0.3) is 5.89 Å². The third-order valence-electron chi connectivity index (χ3n) is 1.55. The van der Waals surface area contributed by atoms with Crippen LogP contribution in [0.1, 0.15) is 11.9 Å². The number of hydrogen-bond donors (Lipinski definition) is 1. The second kappa shape index (κ2) is 3.77. The summed E-state index contributed by atoms with van der Waals surface area (Å²) >= 11 is 1.50. The van der Waals surface area contributed by atoms with Crippen molar-refractivity contribution >= 4 is 23.3 Å². The maximum absolute atomic E-state index is 10.7. The fourth-order valence-corrected chi connectivity index (χ4v) is 1.58. The first-order valence-electron chi connectivity index (χ1n) is 4.19. The second-order valence-electron chi connectivity index (χ2n) is 2.85. The first-order chi connectivity index (χ1) is 7.15. The van der Waals surface area contributed by atoms with Gasteiger partial charge < -0.3 is 4.42 Å². The first kappa shape index (κ1) is 9.78. The highest BCUT2D eigenvalue weighted by Crippen LogP contribution is 2.21. The minimum absolute atomic E-state index is 0.0863. The minimum Gasteiger partial charge on any atom is -0.401 e. The van der Waals surface area contributed by atoms with Crippen LogP contribution in [0.4, 0.5) is 6.01 Å². The van der Waals surface area contributed by atoms with Gasteiger partial charge in [-0.2, -0.15) is 0 Å². The number of carbonyl (C=O) groups excluding carboxylic acids is 1. The fraction of sp³-hybridized carbons (Fsp3) is 0.250. The van der Waals surface area contributed by atoms with Crippen LogP contribution in [0, 0.1) is 6.92 Å². The van der Waals surface area contributed by atoms with Crippen LogP contribution >= 0.6 is 11.3 Å². The molecule has 0 spiro atoms. The van der Waals surface area contributed by atoms with E-state index in [4.69, 9.17) is 4.42 Å². The molecule has 1 amide bonds. The number of anilines is 1. The molecular weight excluding hydrogens is 216 g/mol. The van der Waals surface area contributed by atoms with E-state index in [1.54, 1.807) is 0 Å². The van der Waals surface area contributed by atoms with E-state index >= 15 is 0 Å². The molecule has 2 heterocycles. The zero-order valence-corrected chi connectivity index (χ0v) is 8.96. The number of aromatic nitrogens is 3. The van der Waals surface area contributed by atoms with Crippen molar-refractivity contribution in [3.05, 3.63) is 10.4 Å². The Balaban J connectivity index is 2.23. The number of thiazole rings is 1. The molecule has 0 saturated carbocycles. The fourth-order valence-electron chi connectivity index (χ4n) is 0.989. The molecule has 78 valence electrons.